The van der Waals surface area contributed by atoms with Gasteiger partial charge in [-0.1, -0.05) is 11.6 Å². The van der Waals surface area contributed by atoms with Crippen LogP contribution >= 0.6 is 23.8 Å². The maximum absolute atomic E-state index is 12.0. The molecule has 0 radical (unpaired) electrons. The molecular weight excluding hydrogens is 352 g/mol. The molecule has 1 aromatic carbocycles. The number of nitrogens with zero attached hydrogens (tertiary/aromatic N) is 3. The Hall–Kier alpha value is -2.19. The highest BCUT2D eigenvalue weighted by Crippen LogP contribution is 2.36. The van der Waals surface area contributed by atoms with E-state index in [0.717, 1.165) is 4.68 Å². The molecule has 1 N–H and O–H groups in total. The maximum atomic E-state index is 12.0. The summed E-state index contributed by atoms with van der Waals surface area (Å²) in [4.78, 5) is 12.0. The highest BCUT2D eigenvalue weighted by molar-refractivity contribution is 7.71. The van der Waals surface area contributed by atoms with Crippen LogP contribution in [0.15, 0.2) is 22.0 Å². The molecule has 0 aliphatic rings. The van der Waals surface area contributed by atoms with Crippen molar-refractivity contribution in [2.45, 2.75) is 26.9 Å². The topological polar surface area (TPSA) is 81.5 Å². The Morgan fingerprint density at radius 3 is 2.79 bits per heavy atom. The zero-order valence-electron chi connectivity index (χ0n) is 13.7. The van der Waals surface area contributed by atoms with Crippen LogP contribution in [-0.2, 0) is 0 Å². The molecular formula is C15H17ClN4O3S. The van der Waals surface area contributed by atoms with Crippen molar-refractivity contribution < 1.29 is 9.47 Å². The molecule has 0 unspecified atom stereocenters. The Labute approximate surface area is 148 Å². The number of aromatic nitrogens is 3. The quantitative estimate of drug-likeness (QED) is 0.648. The molecule has 0 bridgehead atoms. The highest BCUT2D eigenvalue weighted by atomic mass is 35.5. The van der Waals surface area contributed by atoms with Crippen molar-refractivity contribution in [2.75, 3.05) is 7.11 Å². The lowest BCUT2D eigenvalue weighted by Crippen LogP contribution is -2.22. The van der Waals surface area contributed by atoms with E-state index in [1.54, 1.807) is 19.1 Å². The monoisotopic (exact) mass is 368 g/mol. The minimum atomic E-state index is -0.396. The Kier molecular flexibility index (Phi) is 5.74. The fourth-order valence-electron chi connectivity index (χ4n) is 1.87. The van der Waals surface area contributed by atoms with Gasteiger partial charge in [0.1, 0.15) is 5.69 Å². The Morgan fingerprint density at radius 2 is 2.17 bits per heavy atom. The molecule has 2 aromatic rings. The molecule has 7 nitrogen and oxygen atoms in total. The zero-order valence-corrected chi connectivity index (χ0v) is 15.2. The molecule has 9 heteroatoms. The molecule has 0 saturated heterocycles. The van der Waals surface area contributed by atoms with Gasteiger partial charge in [0.25, 0.3) is 5.56 Å². The summed E-state index contributed by atoms with van der Waals surface area (Å²) in [6.45, 7) is 5.35. The Morgan fingerprint density at radius 1 is 1.46 bits per heavy atom. The zero-order chi connectivity index (χ0) is 17.9. The first-order chi connectivity index (χ1) is 11.3. The number of aromatic amines is 1. The first-order valence-corrected chi connectivity index (χ1v) is 7.89. The summed E-state index contributed by atoms with van der Waals surface area (Å²) in [5, 5.41) is 10.8. The van der Waals surface area contributed by atoms with Gasteiger partial charge < -0.3 is 9.47 Å². The van der Waals surface area contributed by atoms with E-state index in [9.17, 15) is 4.79 Å². The molecule has 0 atom stereocenters. The van der Waals surface area contributed by atoms with Crippen molar-refractivity contribution in [3.05, 3.63) is 43.5 Å². The van der Waals surface area contributed by atoms with Crippen molar-refractivity contribution >= 4 is 30.0 Å². The van der Waals surface area contributed by atoms with Crippen LogP contribution in [0.5, 0.6) is 11.5 Å². The largest absolute Gasteiger partial charge is 0.493 e. The third-order valence-electron chi connectivity index (χ3n) is 2.94. The number of methoxy groups -OCH3 is 1. The van der Waals surface area contributed by atoms with Gasteiger partial charge in [0.15, 0.2) is 11.5 Å². The van der Waals surface area contributed by atoms with Crippen LogP contribution in [0, 0.1) is 11.7 Å². The normalized spacial score (nSPS) is 11.2. The predicted octanol–water partition coefficient (Wildman–Crippen LogP) is 2.94. The summed E-state index contributed by atoms with van der Waals surface area (Å²) in [5.74, 6) is 0.932. The fourth-order valence-corrected chi connectivity index (χ4v) is 2.31. The van der Waals surface area contributed by atoms with Gasteiger partial charge in [-0.15, -0.1) is 0 Å². The molecule has 0 aliphatic heterocycles. The average molecular weight is 369 g/mol. The third-order valence-corrected chi connectivity index (χ3v) is 3.49. The number of nitrogens with one attached hydrogen (secondary N) is 1. The second-order valence-corrected chi connectivity index (χ2v) is 5.97. The summed E-state index contributed by atoms with van der Waals surface area (Å²) in [5.41, 5.74) is 0.494. The number of hydrogen-bond acceptors (Lipinski definition) is 6. The van der Waals surface area contributed by atoms with E-state index < -0.39 is 5.56 Å². The maximum Gasteiger partial charge on any atom is 0.296 e. The van der Waals surface area contributed by atoms with E-state index in [-0.39, 0.29) is 16.6 Å². The van der Waals surface area contributed by atoms with Crippen molar-refractivity contribution in [3.63, 3.8) is 0 Å². The van der Waals surface area contributed by atoms with E-state index in [1.807, 2.05) is 13.8 Å². The van der Waals surface area contributed by atoms with Gasteiger partial charge in [0, 0.05) is 0 Å². The molecule has 0 fully saturated rings. The van der Waals surface area contributed by atoms with Crippen LogP contribution in [0.3, 0.4) is 0 Å². The Balaban J connectivity index is 2.45. The lowest BCUT2D eigenvalue weighted by molar-refractivity contribution is 0.230. The molecule has 0 aliphatic carbocycles. The number of aryl methyl sites for hydroxylation is 1. The van der Waals surface area contributed by atoms with Crippen LogP contribution in [0.4, 0.5) is 0 Å². The van der Waals surface area contributed by atoms with Crippen molar-refractivity contribution in [2.24, 2.45) is 5.10 Å². The van der Waals surface area contributed by atoms with Gasteiger partial charge >= 0.3 is 0 Å². The minimum Gasteiger partial charge on any atom is -0.493 e. The summed E-state index contributed by atoms with van der Waals surface area (Å²) in [6.07, 6.45) is 1.41. The van der Waals surface area contributed by atoms with Crippen LogP contribution in [0.2, 0.25) is 5.02 Å². The third kappa shape index (κ3) is 4.01. The number of ether oxygens (including phenoxy) is 2. The van der Waals surface area contributed by atoms with E-state index in [1.165, 1.54) is 13.3 Å². The second kappa shape index (κ2) is 7.59. The average Bonchev–Trinajstić information content (AvgIpc) is 2.53. The van der Waals surface area contributed by atoms with Gasteiger partial charge in [-0.3, -0.25) is 9.89 Å². The van der Waals surface area contributed by atoms with Gasteiger partial charge in [-0.2, -0.15) is 14.9 Å². The lowest BCUT2D eigenvalue weighted by Gasteiger charge is -2.15. The summed E-state index contributed by atoms with van der Waals surface area (Å²) < 4.78 is 12.1. The smallest absolute Gasteiger partial charge is 0.296 e. The standard InChI is InChI=1S/C15H17ClN4O3S/c1-8(2)23-13-11(16)5-10(6-12(13)22-4)7-17-20-14(21)9(3)18-19-15(20)24/h5-8H,1-4H3,(H,19,24)/b17-7-. The van der Waals surface area contributed by atoms with Gasteiger partial charge in [0.2, 0.25) is 4.77 Å². The molecule has 2 rings (SSSR count). The molecule has 24 heavy (non-hydrogen) atoms. The highest BCUT2D eigenvalue weighted by Gasteiger charge is 2.13. The summed E-state index contributed by atoms with van der Waals surface area (Å²) in [6, 6.07) is 3.37. The number of H-pyrrole nitrogens is 1. The number of benzene rings is 1. The summed E-state index contributed by atoms with van der Waals surface area (Å²) in [7, 11) is 1.52. The molecule has 0 amide bonds. The van der Waals surface area contributed by atoms with E-state index in [2.05, 4.69) is 15.3 Å². The lowest BCUT2D eigenvalue weighted by atomic mass is 10.2. The molecule has 1 heterocycles. The van der Waals surface area contributed by atoms with E-state index >= 15 is 0 Å². The van der Waals surface area contributed by atoms with Crippen molar-refractivity contribution in [1.29, 1.82) is 0 Å². The van der Waals surface area contributed by atoms with E-state index in [4.69, 9.17) is 33.3 Å². The predicted molar refractivity (Wildman–Crippen MR) is 95.2 cm³/mol. The van der Waals surface area contributed by atoms with Gasteiger partial charge in [-0.25, -0.2) is 0 Å². The van der Waals surface area contributed by atoms with Crippen LogP contribution < -0.4 is 15.0 Å². The first kappa shape index (κ1) is 18.2. The van der Waals surface area contributed by atoms with Crippen molar-refractivity contribution in [3.8, 4) is 11.5 Å². The minimum absolute atomic E-state index is 0.0485. The van der Waals surface area contributed by atoms with Crippen LogP contribution in [-0.4, -0.2) is 34.3 Å². The Bertz CT molecular complexity index is 889. The number of rotatable bonds is 5. The van der Waals surface area contributed by atoms with Gasteiger partial charge in [-0.05, 0) is 50.7 Å². The number of hydrogen-bond donors (Lipinski definition) is 1. The molecule has 1 aromatic heterocycles. The molecule has 128 valence electrons. The molecule has 0 spiro atoms. The second-order valence-electron chi connectivity index (χ2n) is 5.18. The summed E-state index contributed by atoms with van der Waals surface area (Å²) >= 11 is 11.3. The van der Waals surface area contributed by atoms with Gasteiger partial charge in [0.05, 0.1) is 24.5 Å². The first-order valence-electron chi connectivity index (χ1n) is 7.10. The van der Waals surface area contributed by atoms with Crippen LogP contribution in [0.25, 0.3) is 0 Å². The van der Waals surface area contributed by atoms with Crippen molar-refractivity contribution in [1.82, 2.24) is 14.9 Å². The van der Waals surface area contributed by atoms with Crippen LogP contribution in [0.1, 0.15) is 25.1 Å². The SMILES string of the molecule is COc1cc(/C=N\n2c(=S)[nH]nc(C)c2=O)cc(Cl)c1OC(C)C. The molecule has 0 saturated carbocycles. The van der Waals surface area contributed by atoms with E-state index in [0.29, 0.717) is 22.1 Å². The number of halogens is 1. The fraction of sp³-hybridized carbons (Fsp3) is 0.333.